The van der Waals surface area contributed by atoms with Crippen molar-refractivity contribution in [3.63, 3.8) is 0 Å². The first-order chi connectivity index (χ1) is 9.05. The molecule has 3 unspecified atom stereocenters. The van der Waals surface area contributed by atoms with Gasteiger partial charge >= 0.3 is 0 Å². The maximum absolute atomic E-state index is 11.2. The van der Waals surface area contributed by atoms with E-state index in [0.29, 0.717) is 5.92 Å². The van der Waals surface area contributed by atoms with Crippen molar-refractivity contribution in [1.29, 1.82) is 5.26 Å². The van der Waals surface area contributed by atoms with Gasteiger partial charge in [0.05, 0.1) is 17.1 Å². The lowest BCUT2D eigenvalue weighted by atomic mass is 9.59. The Morgan fingerprint density at radius 3 is 2.74 bits per heavy atom. The normalized spacial score (nSPS) is 41.5. The van der Waals surface area contributed by atoms with E-state index in [2.05, 4.69) is 24.9 Å². The van der Waals surface area contributed by atoms with Crippen molar-refractivity contribution < 1.29 is 5.11 Å². The number of likely N-dealkylation sites (tertiary alicyclic amines) is 1. The first-order valence-corrected chi connectivity index (χ1v) is 7.87. The van der Waals surface area contributed by atoms with Crippen LogP contribution in [-0.4, -0.2) is 35.7 Å². The highest BCUT2D eigenvalue weighted by molar-refractivity contribution is 5.14. The van der Waals surface area contributed by atoms with Gasteiger partial charge in [0.25, 0.3) is 0 Å². The molecule has 1 saturated heterocycles. The van der Waals surface area contributed by atoms with E-state index in [1.807, 2.05) is 0 Å². The summed E-state index contributed by atoms with van der Waals surface area (Å²) in [5.74, 6) is 0.624. The van der Waals surface area contributed by atoms with Crippen LogP contribution in [0.2, 0.25) is 0 Å². The van der Waals surface area contributed by atoms with Gasteiger partial charge in [0.1, 0.15) is 0 Å². The molecule has 2 fully saturated rings. The molecule has 2 aliphatic rings. The Kier molecular flexibility index (Phi) is 4.53. The highest BCUT2D eigenvalue weighted by Crippen LogP contribution is 2.51. The molecule has 0 bridgehead atoms. The molecule has 0 amide bonds. The summed E-state index contributed by atoms with van der Waals surface area (Å²) in [4.78, 5) is 2.28. The second kappa shape index (κ2) is 5.81. The van der Waals surface area contributed by atoms with Gasteiger partial charge < -0.3 is 10.0 Å². The van der Waals surface area contributed by atoms with Gasteiger partial charge in [-0.1, -0.05) is 26.2 Å². The van der Waals surface area contributed by atoms with E-state index in [9.17, 15) is 10.4 Å². The number of aliphatic hydroxyl groups is 1. The zero-order valence-electron chi connectivity index (χ0n) is 12.5. The van der Waals surface area contributed by atoms with Gasteiger partial charge in [-0.25, -0.2) is 0 Å². The Morgan fingerprint density at radius 1 is 1.26 bits per heavy atom. The van der Waals surface area contributed by atoms with Crippen LogP contribution in [-0.2, 0) is 0 Å². The quantitative estimate of drug-likeness (QED) is 0.834. The van der Waals surface area contributed by atoms with Crippen LogP contribution in [0, 0.1) is 22.7 Å². The average molecular weight is 264 g/mol. The lowest BCUT2D eigenvalue weighted by molar-refractivity contribution is -0.0911. The van der Waals surface area contributed by atoms with Gasteiger partial charge in [-0.3, -0.25) is 0 Å². The number of hydrogen-bond acceptors (Lipinski definition) is 3. The second-order valence-corrected chi connectivity index (χ2v) is 6.75. The molecular formula is C16H28N2O. The average Bonchev–Trinajstić information content (AvgIpc) is 2.61. The summed E-state index contributed by atoms with van der Waals surface area (Å²) in [6, 6.07) is 2.57. The van der Waals surface area contributed by atoms with E-state index < -0.39 is 11.0 Å². The van der Waals surface area contributed by atoms with Crippen LogP contribution in [0.5, 0.6) is 0 Å². The van der Waals surface area contributed by atoms with Crippen LogP contribution in [0.15, 0.2) is 0 Å². The molecule has 0 aromatic rings. The molecule has 2 rings (SSSR count). The van der Waals surface area contributed by atoms with Crippen molar-refractivity contribution in [1.82, 2.24) is 4.90 Å². The summed E-state index contributed by atoms with van der Waals surface area (Å²) in [5.41, 5.74) is -1.25. The second-order valence-electron chi connectivity index (χ2n) is 6.75. The first kappa shape index (κ1) is 14.8. The molecule has 1 aliphatic heterocycles. The highest BCUT2D eigenvalue weighted by atomic mass is 16.3. The van der Waals surface area contributed by atoms with Crippen LogP contribution < -0.4 is 0 Å². The molecule has 1 aliphatic carbocycles. The van der Waals surface area contributed by atoms with Crippen molar-refractivity contribution >= 4 is 0 Å². The monoisotopic (exact) mass is 264 g/mol. The van der Waals surface area contributed by atoms with Crippen LogP contribution >= 0.6 is 0 Å². The Hall–Kier alpha value is -0.590. The van der Waals surface area contributed by atoms with Crippen LogP contribution in [0.4, 0.5) is 0 Å². The van der Waals surface area contributed by atoms with Gasteiger partial charge in [0, 0.05) is 6.54 Å². The molecule has 3 atom stereocenters. The number of nitriles is 1. The van der Waals surface area contributed by atoms with Crippen LogP contribution in [0.25, 0.3) is 0 Å². The predicted molar refractivity (Wildman–Crippen MR) is 76.6 cm³/mol. The van der Waals surface area contributed by atoms with Gasteiger partial charge in [0.15, 0.2) is 0 Å². The van der Waals surface area contributed by atoms with E-state index in [1.54, 1.807) is 0 Å². The molecule has 1 saturated carbocycles. The molecule has 19 heavy (non-hydrogen) atoms. The zero-order chi connectivity index (χ0) is 13.9. The van der Waals surface area contributed by atoms with Crippen molar-refractivity contribution in [3.8, 4) is 6.07 Å². The molecule has 3 heteroatoms. The molecule has 0 aromatic carbocycles. The summed E-state index contributed by atoms with van der Waals surface area (Å²) in [6.07, 6.45) is 7.82. The summed E-state index contributed by atoms with van der Waals surface area (Å²) < 4.78 is 0. The van der Waals surface area contributed by atoms with Crippen molar-refractivity contribution in [2.24, 2.45) is 11.3 Å². The number of nitrogens with zero attached hydrogens (tertiary/aromatic N) is 2. The third kappa shape index (κ3) is 2.80. The number of hydrogen-bond donors (Lipinski definition) is 1. The molecule has 1 heterocycles. The lowest BCUT2D eigenvalue weighted by Crippen LogP contribution is -2.50. The first-order valence-electron chi connectivity index (χ1n) is 7.87. The van der Waals surface area contributed by atoms with Crippen molar-refractivity contribution in [2.75, 3.05) is 20.1 Å². The summed E-state index contributed by atoms with van der Waals surface area (Å²) in [5, 5.41) is 21.0. The SMILES string of the molecule is CCC1CCCC(C#N)(C2(O)CCCN(C)CC2)C1. The third-order valence-electron chi connectivity index (χ3n) is 5.57. The van der Waals surface area contributed by atoms with E-state index in [-0.39, 0.29) is 0 Å². The summed E-state index contributed by atoms with van der Waals surface area (Å²) in [7, 11) is 2.11. The smallest absolute Gasteiger partial charge is 0.0863 e. The topological polar surface area (TPSA) is 47.3 Å². The maximum Gasteiger partial charge on any atom is 0.0863 e. The Morgan fingerprint density at radius 2 is 2.05 bits per heavy atom. The maximum atomic E-state index is 11.2. The molecule has 0 aromatic heterocycles. The fourth-order valence-corrected chi connectivity index (χ4v) is 4.10. The zero-order valence-corrected chi connectivity index (χ0v) is 12.5. The largest absolute Gasteiger partial charge is 0.388 e. The minimum atomic E-state index is -0.764. The van der Waals surface area contributed by atoms with Gasteiger partial charge in [-0.2, -0.15) is 5.26 Å². The predicted octanol–water partition coefficient (Wildman–Crippen LogP) is 2.94. The molecular weight excluding hydrogens is 236 g/mol. The van der Waals surface area contributed by atoms with Gasteiger partial charge in [-0.15, -0.1) is 0 Å². The minimum Gasteiger partial charge on any atom is -0.388 e. The fraction of sp³-hybridized carbons (Fsp3) is 0.938. The minimum absolute atomic E-state index is 0.489. The third-order valence-corrected chi connectivity index (χ3v) is 5.57. The van der Waals surface area contributed by atoms with Gasteiger partial charge in [0.2, 0.25) is 0 Å². The summed E-state index contributed by atoms with van der Waals surface area (Å²) >= 11 is 0. The Balaban J connectivity index is 2.21. The van der Waals surface area contributed by atoms with Crippen LogP contribution in [0.3, 0.4) is 0 Å². The Labute approximate surface area is 117 Å². The molecule has 0 radical (unpaired) electrons. The van der Waals surface area contributed by atoms with E-state index in [0.717, 1.165) is 58.0 Å². The van der Waals surface area contributed by atoms with Crippen molar-refractivity contribution in [2.45, 2.75) is 63.9 Å². The van der Waals surface area contributed by atoms with E-state index >= 15 is 0 Å². The molecule has 1 N–H and O–H groups in total. The van der Waals surface area contributed by atoms with Gasteiger partial charge in [-0.05, 0) is 51.6 Å². The van der Waals surface area contributed by atoms with Crippen molar-refractivity contribution in [3.05, 3.63) is 0 Å². The lowest BCUT2D eigenvalue weighted by Gasteiger charge is -2.47. The Bertz CT molecular complexity index is 351. The standard InChI is InChI=1S/C16H28N2O/c1-3-14-6-4-7-15(12-14,13-17)16(19)8-5-10-18(2)11-9-16/h14,19H,3-12H2,1-2H3. The fourth-order valence-electron chi connectivity index (χ4n) is 4.10. The van der Waals surface area contributed by atoms with E-state index in [1.165, 1.54) is 6.42 Å². The molecule has 3 nitrogen and oxygen atoms in total. The van der Waals surface area contributed by atoms with Crippen LogP contribution in [0.1, 0.15) is 58.3 Å². The summed E-state index contributed by atoms with van der Waals surface area (Å²) in [6.45, 7) is 4.17. The van der Waals surface area contributed by atoms with E-state index in [4.69, 9.17) is 0 Å². The molecule has 0 spiro atoms. The number of rotatable bonds is 2. The highest BCUT2D eigenvalue weighted by Gasteiger charge is 2.52. The molecule has 108 valence electrons.